The van der Waals surface area contributed by atoms with Crippen molar-refractivity contribution in [2.24, 2.45) is 0 Å². The number of rotatable bonds is 3. The molecule has 0 aliphatic carbocycles. The summed E-state index contributed by atoms with van der Waals surface area (Å²) in [6.45, 7) is 3.06. The van der Waals surface area contributed by atoms with Crippen LogP contribution in [0.2, 0.25) is 5.02 Å². The second-order valence-corrected chi connectivity index (χ2v) is 6.28. The molecule has 0 spiro atoms. The minimum atomic E-state index is 0.710. The Morgan fingerprint density at radius 1 is 0.880 bits per heavy atom. The fraction of sp³-hybridized carbons (Fsp3) is 0.200. The Hall–Kier alpha value is -2.43. The van der Waals surface area contributed by atoms with Crippen molar-refractivity contribution in [2.75, 3.05) is 31.2 Å². The van der Waals surface area contributed by atoms with Crippen LogP contribution in [0.5, 0.6) is 0 Å². The predicted octanol–water partition coefficient (Wildman–Crippen LogP) is 4.29. The summed E-state index contributed by atoms with van der Waals surface area (Å²) in [5, 5.41) is 0.723. The van der Waals surface area contributed by atoms with Gasteiger partial charge in [0.15, 0.2) is 5.82 Å². The van der Waals surface area contributed by atoms with E-state index in [2.05, 4.69) is 4.90 Å². The van der Waals surface area contributed by atoms with Gasteiger partial charge < -0.3 is 9.64 Å². The molecule has 0 radical (unpaired) electrons. The van der Waals surface area contributed by atoms with Gasteiger partial charge in [0.25, 0.3) is 0 Å². The number of morpholine rings is 1. The highest BCUT2D eigenvalue weighted by atomic mass is 35.5. The third kappa shape index (κ3) is 3.50. The molecule has 25 heavy (non-hydrogen) atoms. The maximum Gasteiger partial charge on any atom is 0.155 e. The molecule has 3 aromatic rings. The van der Waals surface area contributed by atoms with Crippen LogP contribution in [0.4, 0.5) is 5.82 Å². The van der Waals surface area contributed by atoms with Crippen molar-refractivity contribution in [3.8, 4) is 0 Å². The number of halogens is 1. The third-order valence-corrected chi connectivity index (χ3v) is 4.56. The van der Waals surface area contributed by atoms with Gasteiger partial charge in [-0.15, -0.1) is 0 Å². The maximum atomic E-state index is 6.26. The number of nitrogens with zero attached hydrogens (tertiary/aromatic N) is 3. The summed E-state index contributed by atoms with van der Waals surface area (Å²) >= 11 is 6.26. The quantitative estimate of drug-likeness (QED) is 0.705. The number of hydrogen-bond acceptors (Lipinski definition) is 4. The topological polar surface area (TPSA) is 38.2 Å². The predicted molar refractivity (Wildman–Crippen MR) is 103 cm³/mol. The van der Waals surface area contributed by atoms with Gasteiger partial charge in [-0.3, -0.25) is 0 Å². The zero-order valence-corrected chi connectivity index (χ0v) is 14.5. The van der Waals surface area contributed by atoms with Gasteiger partial charge in [-0.05, 0) is 29.8 Å². The first-order valence-corrected chi connectivity index (χ1v) is 8.71. The van der Waals surface area contributed by atoms with Gasteiger partial charge >= 0.3 is 0 Å². The lowest BCUT2D eigenvalue weighted by atomic mass is 10.2. The first kappa shape index (κ1) is 16.1. The van der Waals surface area contributed by atoms with Crippen LogP contribution in [0, 0.1) is 0 Å². The molecule has 0 unspecified atom stereocenters. The minimum Gasteiger partial charge on any atom is -0.378 e. The number of hydrogen-bond donors (Lipinski definition) is 0. The van der Waals surface area contributed by atoms with E-state index in [0.29, 0.717) is 13.2 Å². The fourth-order valence-corrected chi connectivity index (χ4v) is 3.10. The molecule has 0 saturated carbocycles. The van der Waals surface area contributed by atoms with Gasteiger partial charge in [-0.2, -0.15) is 0 Å². The van der Waals surface area contributed by atoms with Crippen LogP contribution in [0.3, 0.4) is 0 Å². The number of benzene rings is 2. The van der Waals surface area contributed by atoms with E-state index in [1.807, 2.05) is 60.7 Å². The van der Waals surface area contributed by atoms with Gasteiger partial charge in [-0.1, -0.05) is 48.0 Å². The lowest BCUT2D eigenvalue weighted by molar-refractivity contribution is 0.122. The highest BCUT2D eigenvalue weighted by molar-refractivity contribution is 6.32. The van der Waals surface area contributed by atoms with Gasteiger partial charge in [0.1, 0.15) is 5.69 Å². The van der Waals surface area contributed by atoms with E-state index in [0.717, 1.165) is 46.2 Å². The van der Waals surface area contributed by atoms with Crippen LogP contribution in [0.15, 0.2) is 48.5 Å². The average molecular weight is 352 g/mol. The van der Waals surface area contributed by atoms with Crippen molar-refractivity contribution in [3.63, 3.8) is 0 Å². The van der Waals surface area contributed by atoms with E-state index in [9.17, 15) is 0 Å². The van der Waals surface area contributed by atoms with Gasteiger partial charge in [0, 0.05) is 18.1 Å². The van der Waals surface area contributed by atoms with Crippen LogP contribution < -0.4 is 4.90 Å². The number of para-hydroxylation sites is 2. The van der Waals surface area contributed by atoms with Crippen molar-refractivity contribution in [3.05, 3.63) is 64.8 Å². The molecule has 1 aliphatic heterocycles. The number of ether oxygens (including phenoxy) is 1. The third-order valence-electron chi connectivity index (χ3n) is 4.21. The molecule has 1 aromatic heterocycles. The van der Waals surface area contributed by atoms with Crippen molar-refractivity contribution < 1.29 is 4.74 Å². The summed E-state index contributed by atoms with van der Waals surface area (Å²) < 4.78 is 5.47. The number of fused-ring (bicyclic) bond motifs is 1. The van der Waals surface area contributed by atoms with Gasteiger partial charge in [0.05, 0.1) is 24.2 Å². The maximum absolute atomic E-state index is 6.26. The Balaban J connectivity index is 1.78. The molecule has 5 heteroatoms. The molecule has 0 atom stereocenters. The summed E-state index contributed by atoms with van der Waals surface area (Å²) in [4.78, 5) is 11.9. The van der Waals surface area contributed by atoms with Crippen molar-refractivity contribution >= 4 is 40.6 Å². The van der Waals surface area contributed by atoms with E-state index in [-0.39, 0.29) is 0 Å². The van der Waals surface area contributed by atoms with E-state index >= 15 is 0 Å². The molecule has 4 nitrogen and oxygen atoms in total. The molecular weight excluding hydrogens is 334 g/mol. The molecule has 0 N–H and O–H groups in total. The Morgan fingerprint density at radius 2 is 1.56 bits per heavy atom. The standard InChI is InChI=1S/C20H18ClN3O/c21-16-6-2-1-5-15(16)9-10-19-20(24-11-13-25-14-12-24)23-18-8-4-3-7-17(18)22-19/h1-10H,11-14H2/b10-9+. The number of anilines is 1. The first-order valence-electron chi connectivity index (χ1n) is 8.33. The van der Waals surface area contributed by atoms with Crippen LogP contribution in [-0.4, -0.2) is 36.3 Å². The smallest absolute Gasteiger partial charge is 0.155 e. The van der Waals surface area contributed by atoms with Crippen LogP contribution in [0.25, 0.3) is 23.2 Å². The lowest BCUT2D eigenvalue weighted by Gasteiger charge is -2.28. The molecular formula is C20H18ClN3O. The summed E-state index contributed by atoms with van der Waals surface area (Å²) in [6, 6.07) is 15.7. The van der Waals surface area contributed by atoms with Crippen molar-refractivity contribution in [2.45, 2.75) is 0 Å². The highest BCUT2D eigenvalue weighted by Crippen LogP contribution is 2.24. The molecule has 0 bridgehead atoms. The molecule has 1 saturated heterocycles. The minimum absolute atomic E-state index is 0.710. The second-order valence-electron chi connectivity index (χ2n) is 5.88. The fourth-order valence-electron chi connectivity index (χ4n) is 2.90. The Morgan fingerprint density at radius 3 is 2.32 bits per heavy atom. The second kappa shape index (κ2) is 7.21. The van der Waals surface area contributed by atoms with Crippen LogP contribution >= 0.6 is 11.6 Å². The summed E-state index contributed by atoms with van der Waals surface area (Å²) in [7, 11) is 0. The zero-order chi connectivity index (χ0) is 17.1. The molecule has 1 fully saturated rings. The van der Waals surface area contributed by atoms with Gasteiger partial charge in [-0.25, -0.2) is 9.97 Å². The van der Waals surface area contributed by atoms with Crippen molar-refractivity contribution in [1.29, 1.82) is 0 Å². The molecule has 1 aliphatic rings. The molecule has 2 heterocycles. The first-order chi connectivity index (χ1) is 12.3. The molecule has 2 aromatic carbocycles. The van der Waals surface area contributed by atoms with E-state index in [1.165, 1.54) is 0 Å². The molecule has 0 amide bonds. The average Bonchev–Trinajstić information content (AvgIpc) is 2.67. The lowest BCUT2D eigenvalue weighted by Crippen LogP contribution is -2.37. The Bertz CT molecular complexity index is 920. The zero-order valence-electron chi connectivity index (χ0n) is 13.7. The van der Waals surface area contributed by atoms with E-state index < -0.39 is 0 Å². The van der Waals surface area contributed by atoms with Crippen molar-refractivity contribution in [1.82, 2.24) is 9.97 Å². The van der Waals surface area contributed by atoms with Crippen LogP contribution in [-0.2, 0) is 4.74 Å². The Kier molecular flexibility index (Phi) is 4.63. The summed E-state index contributed by atoms with van der Waals surface area (Å²) in [6.07, 6.45) is 3.98. The molecule has 126 valence electrons. The SMILES string of the molecule is Clc1ccccc1/C=C/c1nc2ccccc2nc1N1CCOCC1. The van der Waals surface area contributed by atoms with Gasteiger partial charge in [0.2, 0.25) is 0 Å². The van der Waals surface area contributed by atoms with E-state index in [4.69, 9.17) is 26.3 Å². The Labute approximate surface area is 151 Å². The van der Waals surface area contributed by atoms with Crippen LogP contribution in [0.1, 0.15) is 11.3 Å². The summed E-state index contributed by atoms with van der Waals surface area (Å²) in [5.41, 5.74) is 3.60. The van der Waals surface area contributed by atoms with E-state index in [1.54, 1.807) is 0 Å². The monoisotopic (exact) mass is 351 g/mol. The largest absolute Gasteiger partial charge is 0.378 e. The summed E-state index contributed by atoms with van der Waals surface area (Å²) in [5.74, 6) is 0.894. The normalized spacial score (nSPS) is 15.2. The highest BCUT2D eigenvalue weighted by Gasteiger charge is 2.17. The number of aromatic nitrogens is 2. The molecule has 4 rings (SSSR count).